The number of aliphatic hydroxyl groups excluding tert-OH is 1. The number of halogens is 1. The van der Waals surface area contributed by atoms with Crippen LogP contribution in [0.2, 0.25) is 0 Å². The van der Waals surface area contributed by atoms with E-state index >= 15 is 0 Å². The van der Waals surface area contributed by atoms with Crippen LogP contribution in [0.1, 0.15) is 31.1 Å². The van der Waals surface area contributed by atoms with Crippen LogP contribution >= 0.6 is 12.4 Å². The van der Waals surface area contributed by atoms with Gasteiger partial charge in [-0.2, -0.15) is 0 Å². The first-order valence-electron chi connectivity index (χ1n) is 7.87. The van der Waals surface area contributed by atoms with Crippen LogP contribution in [0.5, 0.6) is 11.5 Å². The van der Waals surface area contributed by atoms with Gasteiger partial charge < -0.3 is 19.3 Å². The number of rotatable bonds is 4. The van der Waals surface area contributed by atoms with E-state index in [1.165, 1.54) is 5.56 Å². The first kappa shape index (κ1) is 18.3. The van der Waals surface area contributed by atoms with Gasteiger partial charge in [-0.1, -0.05) is 0 Å². The number of hydrogen-bond acceptors (Lipinski definition) is 5. The topological polar surface area (TPSA) is 51.2 Å². The second kappa shape index (κ2) is 7.26. The minimum atomic E-state index is -0.190. The summed E-state index contributed by atoms with van der Waals surface area (Å²) in [6, 6.07) is 4.20. The number of hydrogen-bond donors (Lipinski definition) is 1. The number of aliphatic hydroxyl groups is 1. The first-order chi connectivity index (χ1) is 10.5. The molecule has 2 heterocycles. The third-order valence-corrected chi connectivity index (χ3v) is 4.31. The van der Waals surface area contributed by atoms with Crippen LogP contribution in [0.4, 0.5) is 0 Å². The van der Waals surface area contributed by atoms with Crippen molar-refractivity contribution < 1.29 is 19.3 Å². The molecule has 23 heavy (non-hydrogen) atoms. The highest BCUT2D eigenvalue weighted by Crippen LogP contribution is 2.44. The minimum absolute atomic E-state index is 0. The zero-order chi connectivity index (χ0) is 15.7. The Bertz CT molecular complexity index is 548. The van der Waals surface area contributed by atoms with E-state index < -0.39 is 0 Å². The lowest BCUT2D eigenvalue weighted by atomic mass is 9.97. The second-order valence-corrected chi connectivity index (χ2v) is 6.63. The summed E-state index contributed by atoms with van der Waals surface area (Å²) >= 11 is 0. The smallest absolute Gasteiger partial charge is 0.165 e. The summed E-state index contributed by atoms with van der Waals surface area (Å²) < 4.78 is 17.5. The van der Waals surface area contributed by atoms with Crippen LogP contribution in [0, 0.1) is 0 Å². The standard InChI is InChI=1S/C17H25NO4.ClH/c1-17(2)10-13-8-12(9-14(20-3)16(13)22-17)15-11-18(4-6-19)5-7-21-15;/h8-9,15,19H,4-7,10-11H2,1-3H3;1H. The van der Waals surface area contributed by atoms with E-state index in [1.54, 1.807) is 7.11 Å². The summed E-state index contributed by atoms with van der Waals surface area (Å²) in [6.45, 7) is 7.41. The Morgan fingerprint density at radius 2 is 2.17 bits per heavy atom. The average molecular weight is 344 g/mol. The Balaban J connectivity index is 0.00000192. The number of benzene rings is 1. The normalized spacial score (nSPS) is 22.9. The fraction of sp³-hybridized carbons (Fsp3) is 0.647. The summed E-state index contributed by atoms with van der Waals surface area (Å²) in [4.78, 5) is 2.23. The number of methoxy groups -OCH3 is 1. The molecule has 5 nitrogen and oxygen atoms in total. The summed E-state index contributed by atoms with van der Waals surface area (Å²) in [5.41, 5.74) is 2.12. The molecule has 2 aliphatic heterocycles. The Hall–Kier alpha value is -1.01. The van der Waals surface area contributed by atoms with Crippen molar-refractivity contribution in [1.82, 2.24) is 4.90 Å². The zero-order valence-electron chi connectivity index (χ0n) is 14.0. The van der Waals surface area contributed by atoms with Gasteiger partial charge in [0.05, 0.1) is 26.4 Å². The van der Waals surface area contributed by atoms with E-state index in [0.29, 0.717) is 13.2 Å². The Morgan fingerprint density at radius 1 is 1.39 bits per heavy atom. The van der Waals surface area contributed by atoms with Crippen LogP contribution < -0.4 is 9.47 Å². The maximum atomic E-state index is 9.12. The molecule has 3 rings (SSSR count). The molecule has 1 saturated heterocycles. The highest BCUT2D eigenvalue weighted by molar-refractivity contribution is 5.85. The highest BCUT2D eigenvalue weighted by Gasteiger charge is 2.34. The minimum Gasteiger partial charge on any atom is -0.493 e. The van der Waals surface area contributed by atoms with E-state index in [-0.39, 0.29) is 30.7 Å². The predicted octanol–water partition coefficient (Wildman–Crippen LogP) is 2.20. The van der Waals surface area contributed by atoms with Crippen molar-refractivity contribution in [2.75, 3.05) is 40.0 Å². The lowest BCUT2D eigenvalue weighted by Crippen LogP contribution is -2.39. The lowest BCUT2D eigenvalue weighted by Gasteiger charge is -2.33. The van der Waals surface area contributed by atoms with Crippen molar-refractivity contribution in [3.8, 4) is 11.5 Å². The van der Waals surface area contributed by atoms with Crippen LogP contribution in [-0.2, 0) is 11.2 Å². The van der Waals surface area contributed by atoms with Crippen molar-refractivity contribution in [2.45, 2.75) is 32.0 Å². The molecule has 1 aromatic rings. The van der Waals surface area contributed by atoms with Crippen molar-refractivity contribution in [3.63, 3.8) is 0 Å². The summed E-state index contributed by atoms with van der Waals surface area (Å²) in [5, 5.41) is 9.12. The quantitative estimate of drug-likeness (QED) is 0.908. The predicted molar refractivity (Wildman–Crippen MR) is 90.9 cm³/mol. The van der Waals surface area contributed by atoms with Gasteiger partial charge in [0.15, 0.2) is 11.5 Å². The van der Waals surface area contributed by atoms with Gasteiger partial charge in [0.2, 0.25) is 0 Å². The summed E-state index contributed by atoms with van der Waals surface area (Å²) in [6.07, 6.45) is 0.891. The van der Waals surface area contributed by atoms with Crippen LogP contribution in [0.15, 0.2) is 12.1 Å². The molecule has 0 spiro atoms. The van der Waals surface area contributed by atoms with E-state index in [9.17, 15) is 0 Å². The SMILES string of the molecule is COc1cc(C2CN(CCO)CCO2)cc2c1OC(C)(C)C2.Cl. The second-order valence-electron chi connectivity index (χ2n) is 6.63. The average Bonchev–Trinajstić information content (AvgIpc) is 2.80. The maximum absolute atomic E-state index is 9.12. The molecule has 0 bridgehead atoms. The Kier molecular flexibility index (Phi) is 5.79. The number of nitrogens with zero attached hydrogens (tertiary/aromatic N) is 1. The van der Waals surface area contributed by atoms with Gasteiger partial charge >= 0.3 is 0 Å². The van der Waals surface area contributed by atoms with Gasteiger partial charge in [-0.3, -0.25) is 4.90 Å². The molecule has 130 valence electrons. The van der Waals surface area contributed by atoms with E-state index in [1.807, 2.05) is 6.07 Å². The molecule has 0 aliphatic carbocycles. The largest absolute Gasteiger partial charge is 0.493 e. The third-order valence-electron chi connectivity index (χ3n) is 4.31. The van der Waals surface area contributed by atoms with Gasteiger partial charge in [-0.25, -0.2) is 0 Å². The van der Waals surface area contributed by atoms with Gasteiger partial charge in [0.25, 0.3) is 0 Å². The van der Waals surface area contributed by atoms with Crippen molar-refractivity contribution in [2.24, 2.45) is 0 Å². The summed E-state index contributed by atoms with van der Waals surface area (Å²) in [7, 11) is 1.67. The van der Waals surface area contributed by atoms with E-state index in [0.717, 1.165) is 36.6 Å². The van der Waals surface area contributed by atoms with E-state index in [4.69, 9.17) is 19.3 Å². The monoisotopic (exact) mass is 343 g/mol. The molecule has 1 atom stereocenters. The summed E-state index contributed by atoms with van der Waals surface area (Å²) in [5.74, 6) is 1.64. The third kappa shape index (κ3) is 3.91. The molecule has 1 fully saturated rings. The Labute approximate surface area is 143 Å². The molecule has 1 N–H and O–H groups in total. The number of β-amino-alcohol motifs (C(OH)–C–C–N with tert-alkyl or cyclic N) is 1. The molecular formula is C17H26ClNO4. The molecule has 0 amide bonds. The van der Waals surface area contributed by atoms with Crippen molar-refractivity contribution in [1.29, 1.82) is 0 Å². The Morgan fingerprint density at radius 3 is 2.87 bits per heavy atom. The molecular weight excluding hydrogens is 318 g/mol. The van der Waals surface area contributed by atoms with Gasteiger partial charge in [-0.05, 0) is 31.5 Å². The van der Waals surface area contributed by atoms with Crippen LogP contribution in [0.3, 0.4) is 0 Å². The van der Waals surface area contributed by atoms with E-state index in [2.05, 4.69) is 24.8 Å². The highest BCUT2D eigenvalue weighted by atomic mass is 35.5. The van der Waals surface area contributed by atoms with Gasteiger partial charge in [-0.15, -0.1) is 12.4 Å². The molecule has 0 saturated carbocycles. The fourth-order valence-electron chi connectivity index (χ4n) is 3.29. The van der Waals surface area contributed by atoms with Crippen molar-refractivity contribution >= 4 is 12.4 Å². The maximum Gasteiger partial charge on any atom is 0.165 e. The molecule has 1 unspecified atom stereocenters. The molecule has 6 heteroatoms. The number of morpholine rings is 1. The van der Waals surface area contributed by atoms with Crippen LogP contribution in [-0.4, -0.2) is 55.6 Å². The van der Waals surface area contributed by atoms with Crippen molar-refractivity contribution in [3.05, 3.63) is 23.3 Å². The molecule has 0 radical (unpaired) electrons. The van der Waals surface area contributed by atoms with Crippen LogP contribution in [0.25, 0.3) is 0 Å². The molecule has 1 aromatic carbocycles. The van der Waals surface area contributed by atoms with Gasteiger partial charge in [0, 0.05) is 31.6 Å². The van der Waals surface area contributed by atoms with Gasteiger partial charge in [0.1, 0.15) is 5.60 Å². The fourth-order valence-corrected chi connectivity index (χ4v) is 3.29. The molecule has 0 aromatic heterocycles. The molecule has 2 aliphatic rings. The first-order valence-corrected chi connectivity index (χ1v) is 7.87. The lowest BCUT2D eigenvalue weighted by molar-refractivity contribution is -0.0338. The number of ether oxygens (including phenoxy) is 3. The zero-order valence-corrected chi connectivity index (χ0v) is 14.8. The number of fused-ring (bicyclic) bond motifs is 1.